The first-order valence-corrected chi connectivity index (χ1v) is 9.49. The molecular weight excluding hydrogens is 340 g/mol. The summed E-state index contributed by atoms with van der Waals surface area (Å²) < 4.78 is 0. The van der Waals surface area contributed by atoms with Gasteiger partial charge in [0.25, 0.3) is 5.91 Å². The summed E-state index contributed by atoms with van der Waals surface area (Å²) in [6.07, 6.45) is 1.68. The quantitative estimate of drug-likeness (QED) is 0.776. The summed E-state index contributed by atoms with van der Waals surface area (Å²) >= 11 is 0. The van der Waals surface area contributed by atoms with E-state index in [4.69, 9.17) is 5.73 Å². The third-order valence-corrected chi connectivity index (χ3v) is 5.18. The summed E-state index contributed by atoms with van der Waals surface area (Å²) in [5.74, 6) is 0.205. The smallest absolute Gasteiger partial charge is 0.252 e. The summed E-state index contributed by atoms with van der Waals surface area (Å²) in [5.41, 5.74) is 8.19. The maximum absolute atomic E-state index is 11.8. The van der Waals surface area contributed by atoms with Crippen LogP contribution in [0.5, 0.6) is 0 Å². The topological polar surface area (TPSA) is 82.7 Å². The summed E-state index contributed by atoms with van der Waals surface area (Å²) in [6, 6.07) is 14.2. The van der Waals surface area contributed by atoms with Gasteiger partial charge in [-0.05, 0) is 37.5 Å². The number of anilines is 1. The lowest BCUT2D eigenvalue weighted by atomic mass is 10.1. The molecule has 6 nitrogen and oxygen atoms in total. The first-order chi connectivity index (χ1) is 13.1. The third kappa shape index (κ3) is 4.84. The molecule has 1 saturated heterocycles. The molecule has 0 saturated carbocycles. The van der Waals surface area contributed by atoms with Crippen molar-refractivity contribution >= 4 is 11.7 Å². The van der Waals surface area contributed by atoms with Crippen molar-refractivity contribution in [3.63, 3.8) is 0 Å². The number of pyridine rings is 1. The Morgan fingerprint density at radius 2 is 2.00 bits per heavy atom. The number of carbonyl (C=O) groups excluding carboxylic acids is 1. The highest BCUT2D eigenvalue weighted by molar-refractivity contribution is 5.97. The number of aryl methyl sites for hydroxylation is 1. The summed E-state index contributed by atoms with van der Waals surface area (Å²) in [4.78, 5) is 20.9. The number of amides is 1. The maximum atomic E-state index is 11.8. The van der Waals surface area contributed by atoms with Crippen molar-refractivity contribution in [2.75, 3.05) is 37.7 Å². The number of hydrogen-bond acceptors (Lipinski definition) is 5. The Kier molecular flexibility index (Phi) is 6.42. The molecule has 27 heavy (non-hydrogen) atoms. The Hall–Kier alpha value is -2.44. The van der Waals surface area contributed by atoms with Crippen LogP contribution in [0, 0.1) is 6.92 Å². The Bertz CT molecular complexity index is 766. The van der Waals surface area contributed by atoms with Crippen LogP contribution in [0.3, 0.4) is 0 Å². The second-order valence-corrected chi connectivity index (χ2v) is 7.07. The Labute approximate surface area is 160 Å². The molecule has 6 heteroatoms. The molecule has 3 N–H and O–H groups in total. The Morgan fingerprint density at radius 1 is 1.22 bits per heavy atom. The van der Waals surface area contributed by atoms with Gasteiger partial charge in [-0.2, -0.15) is 0 Å². The number of aliphatic hydroxyl groups is 1. The molecule has 0 bridgehead atoms. The van der Waals surface area contributed by atoms with Crippen LogP contribution in [0.2, 0.25) is 0 Å². The van der Waals surface area contributed by atoms with Crippen molar-refractivity contribution in [3.8, 4) is 0 Å². The molecule has 2 aromatic rings. The van der Waals surface area contributed by atoms with Crippen molar-refractivity contribution in [1.29, 1.82) is 0 Å². The van der Waals surface area contributed by atoms with Crippen molar-refractivity contribution in [2.24, 2.45) is 5.73 Å². The van der Waals surface area contributed by atoms with E-state index in [0.29, 0.717) is 17.8 Å². The molecule has 1 aromatic carbocycles. The van der Waals surface area contributed by atoms with Gasteiger partial charge in [0.05, 0.1) is 5.56 Å². The number of hydrogen-bond donors (Lipinski definition) is 2. The second kappa shape index (κ2) is 8.97. The van der Waals surface area contributed by atoms with Crippen LogP contribution >= 0.6 is 0 Å². The number of piperazine rings is 1. The van der Waals surface area contributed by atoms with Crippen molar-refractivity contribution in [2.45, 2.75) is 25.8 Å². The van der Waals surface area contributed by atoms with Gasteiger partial charge in [0.2, 0.25) is 0 Å². The first-order valence-electron chi connectivity index (χ1n) is 9.49. The van der Waals surface area contributed by atoms with E-state index in [1.807, 2.05) is 19.1 Å². The molecule has 1 amide bonds. The largest absolute Gasteiger partial charge is 0.396 e. The highest BCUT2D eigenvalue weighted by Gasteiger charge is 2.29. The monoisotopic (exact) mass is 368 g/mol. The van der Waals surface area contributed by atoms with E-state index in [9.17, 15) is 9.90 Å². The van der Waals surface area contributed by atoms with Gasteiger partial charge in [0.1, 0.15) is 5.82 Å². The molecule has 1 aliphatic rings. The van der Waals surface area contributed by atoms with Gasteiger partial charge < -0.3 is 15.7 Å². The molecule has 1 aromatic heterocycles. The van der Waals surface area contributed by atoms with E-state index in [2.05, 4.69) is 39.0 Å². The van der Waals surface area contributed by atoms with E-state index in [-0.39, 0.29) is 12.6 Å². The fourth-order valence-electron chi connectivity index (χ4n) is 3.70. The Balaban J connectivity index is 1.72. The number of benzene rings is 1. The maximum Gasteiger partial charge on any atom is 0.252 e. The van der Waals surface area contributed by atoms with Gasteiger partial charge in [-0.1, -0.05) is 30.3 Å². The van der Waals surface area contributed by atoms with Crippen molar-refractivity contribution < 1.29 is 9.90 Å². The lowest BCUT2D eigenvalue weighted by molar-refractivity contribution is 0.0999. The molecule has 0 unspecified atom stereocenters. The van der Waals surface area contributed by atoms with Gasteiger partial charge in [0, 0.05) is 44.5 Å². The zero-order valence-electron chi connectivity index (χ0n) is 15.8. The number of aliphatic hydroxyl groups excluding tert-OH is 1. The number of nitrogens with two attached hydrogens (primary N) is 1. The van der Waals surface area contributed by atoms with E-state index < -0.39 is 5.91 Å². The number of carbonyl (C=O) groups is 1. The average Bonchev–Trinajstić information content (AvgIpc) is 2.67. The third-order valence-electron chi connectivity index (χ3n) is 5.18. The average molecular weight is 368 g/mol. The van der Waals surface area contributed by atoms with Crippen LogP contribution in [0.4, 0.5) is 5.82 Å². The lowest BCUT2D eigenvalue weighted by Crippen LogP contribution is -2.54. The zero-order valence-corrected chi connectivity index (χ0v) is 15.8. The molecule has 0 spiro atoms. The van der Waals surface area contributed by atoms with Crippen molar-refractivity contribution in [1.82, 2.24) is 9.88 Å². The first kappa shape index (κ1) is 19.3. The second-order valence-electron chi connectivity index (χ2n) is 7.07. The zero-order chi connectivity index (χ0) is 19.2. The van der Waals surface area contributed by atoms with E-state index >= 15 is 0 Å². The molecule has 0 aliphatic carbocycles. The molecule has 0 radical (unpaired) electrons. The predicted octanol–water partition coefficient (Wildman–Crippen LogP) is 1.60. The lowest BCUT2D eigenvalue weighted by Gasteiger charge is -2.42. The minimum Gasteiger partial charge on any atom is -0.396 e. The van der Waals surface area contributed by atoms with E-state index in [1.54, 1.807) is 6.07 Å². The molecule has 1 aliphatic heterocycles. The fraction of sp³-hybridized carbons (Fsp3) is 0.429. The van der Waals surface area contributed by atoms with Gasteiger partial charge in [-0.25, -0.2) is 4.98 Å². The summed E-state index contributed by atoms with van der Waals surface area (Å²) in [5, 5.41) is 9.53. The standard InChI is InChI=1S/C21H28N4O2/c1-16-7-8-19(20(22)27)21(23-16)25-13-12-24(18(15-25)10-14-26)11-9-17-5-3-2-4-6-17/h2-8,18,26H,9-15H2,1H3,(H2,22,27)/t18-/m1/s1. The minimum atomic E-state index is -0.456. The number of primary amides is 1. The fourth-order valence-corrected chi connectivity index (χ4v) is 3.70. The number of aromatic nitrogens is 1. The number of nitrogens with zero attached hydrogens (tertiary/aromatic N) is 3. The molecule has 2 heterocycles. The van der Waals surface area contributed by atoms with Crippen LogP contribution in [0.25, 0.3) is 0 Å². The van der Waals surface area contributed by atoms with Crippen LogP contribution < -0.4 is 10.6 Å². The normalized spacial score (nSPS) is 17.9. The van der Waals surface area contributed by atoms with Crippen molar-refractivity contribution in [3.05, 3.63) is 59.3 Å². The number of rotatable bonds is 7. The van der Waals surface area contributed by atoms with Gasteiger partial charge in [-0.3, -0.25) is 9.69 Å². The van der Waals surface area contributed by atoms with Gasteiger partial charge in [0.15, 0.2) is 0 Å². The van der Waals surface area contributed by atoms with Crippen LogP contribution in [-0.2, 0) is 6.42 Å². The molecule has 144 valence electrons. The molecular formula is C21H28N4O2. The van der Waals surface area contributed by atoms with Crippen LogP contribution in [0.1, 0.15) is 28.0 Å². The molecule has 1 atom stereocenters. The van der Waals surface area contributed by atoms with Gasteiger partial charge >= 0.3 is 0 Å². The van der Waals surface area contributed by atoms with Crippen LogP contribution in [-0.4, -0.2) is 59.7 Å². The molecule has 1 fully saturated rings. The highest BCUT2D eigenvalue weighted by atomic mass is 16.3. The van der Waals surface area contributed by atoms with Crippen LogP contribution in [0.15, 0.2) is 42.5 Å². The Morgan fingerprint density at radius 3 is 2.70 bits per heavy atom. The summed E-state index contributed by atoms with van der Waals surface area (Å²) in [6.45, 7) is 5.39. The minimum absolute atomic E-state index is 0.143. The highest BCUT2D eigenvalue weighted by Crippen LogP contribution is 2.23. The van der Waals surface area contributed by atoms with E-state index in [0.717, 1.165) is 38.3 Å². The molecule has 3 rings (SSSR count). The predicted molar refractivity (Wildman–Crippen MR) is 107 cm³/mol. The summed E-state index contributed by atoms with van der Waals surface area (Å²) in [7, 11) is 0. The van der Waals surface area contributed by atoms with E-state index in [1.165, 1.54) is 5.56 Å². The SMILES string of the molecule is Cc1ccc(C(N)=O)c(N2CCN(CCc3ccccc3)[C@H](CCO)C2)n1. The van der Waals surface area contributed by atoms with Gasteiger partial charge in [-0.15, -0.1) is 0 Å².